The van der Waals surface area contributed by atoms with Gasteiger partial charge in [0, 0.05) is 7.11 Å². The van der Waals surface area contributed by atoms with Gasteiger partial charge in [-0.1, -0.05) is 0 Å². The lowest BCUT2D eigenvalue weighted by Crippen LogP contribution is -2.08. The van der Waals surface area contributed by atoms with Crippen LogP contribution in [0.3, 0.4) is 0 Å². The van der Waals surface area contributed by atoms with Crippen LogP contribution in [0.4, 0.5) is 13.2 Å². The molecule has 0 saturated carbocycles. The average molecular weight is 234 g/mol. The number of methoxy groups -OCH3 is 1. The van der Waals surface area contributed by atoms with Gasteiger partial charge in [0.15, 0.2) is 6.79 Å². The molecule has 90 valence electrons. The fraction of sp³-hybridized carbons (Fsp3) is 0.455. The van der Waals surface area contributed by atoms with E-state index >= 15 is 0 Å². The van der Waals surface area contributed by atoms with E-state index in [1.54, 1.807) is 13.8 Å². The maximum absolute atomic E-state index is 12.5. The van der Waals surface area contributed by atoms with E-state index in [-0.39, 0.29) is 12.5 Å². The molecule has 0 unspecified atom stereocenters. The number of alkyl halides is 3. The summed E-state index contributed by atoms with van der Waals surface area (Å²) in [5.74, 6) is 0.203. The fourth-order valence-corrected chi connectivity index (χ4v) is 1.26. The van der Waals surface area contributed by atoms with E-state index in [0.717, 1.165) is 12.1 Å². The first-order valence-electron chi connectivity index (χ1n) is 4.66. The number of aryl methyl sites for hydroxylation is 1. The van der Waals surface area contributed by atoms with Crippen LogP contribution in [0, 0.1) is 13.8 Å². The Balaban J connectivity index is 3.12. The smallest absolute Gasteiger partial charge is 0.416 e. The van der Waals surface area contributed by atoms with E-state index in [1.807, 2.05) is 0 Å². The predicted octanol–water partition coefficient (Wildman–Crippen LogP) is 3.30. The molecule has 1 rings (SSSR count). The van der Waals surface area contributed by atoms with Crippen LogP contribution < -0.4 is 4.74 Å². The average Bonchev–Trinajstić information content (AvgIpc) is 2.18. The van der Waals surface area contributed by atoms with Crippen LogP contribution in [-0.2, 0) is 10.9 Å². The van der Waals surface area contributed by atoms with Gasteiger partial charge in [-0.05, 0) is 37.1 Å². The number of hydrogen-bond acceptors (Lipinski definition) is 2. The Morgan fingerprint density at radius 3 is 2.31 bits per heavy atom. The second-order valence-corrected chi connectivity index (χ2v) is 3.46. The third-order valence-electron chi connectivity index (χ3n) is 2.28. The van der Waals surface area contributed by atoms with Crippen molar-refractivity contribution in [3.63, 3.8) is 0 Å². The first-order valence-corrected chi connectivity index (χ1v) is 4.66. The SMILES string of the molecule is COCOc1cc(C(F)(F)F)cc(C)c1C. The Morgan fingerprint density at radius 2 is 1.81 bits per heavy atom. The van der Waals surface area contributed by atoms with Crippen molar-refractivity contribution < 1.29 is 22.6 Å². The van der Waals surface area contributed by atoms with Gasteiger partial charge in [-0.15, -0.1) is 0 Å². The topological polar surface area (TPSA) is 18.5 Å². The zero-order valence-electron chi connectivity index (χ0n) is 9.31. The van der Waals surface area contributed by atoms with E-state index < -0.39 is 11.7 Å². The highest BCUT2D eigenvalue weighted by Gasteiger charge is 2.31. The quantitative estimate of drug-likeness (QED) is 0.747. The number of halogens is 3. The Bertz CT molecular complexity index is 372. The van der Waals surface area contributed by atoms with E-state index in [9.17, 15) is 13.2 Å². The van der Waals surface area contributed by atoms with Gasteiger partial charge < -0.3 is 9.47 Å². The molecule has 0 fully saturated rings. The van der Waals surface area contributed by atoms with Gasteiger partial charge in [0.25, 0.3) is 0 Å². The number of benzene rings is 1. The lowest BCUT2D eigenvalue weighted by Gasteiger charge is -2.14. The van der Waals surface area contributed by atoms with Crippen molar-refractivity contribution in [2.24, 2.45) is 0 Å². The van der Waals surface area contributed by atoms with Crippen LogP contribution in [0.15, 0.2) is 12.1 Å². The highest BCUT2D eigenvalue weighted by molar-refractivity contribution is 5.43. The van der Waals surface area contributed by atoms with Crippen LogP contribution in [0.2, 0.25) is 0 Å². The molecule has 16 heavy (non-hydrogen) atoms. The summed E-state index contributed by atoms with van der Waals surface area (Å²) in [6.45, 7) is 3.26. The van der Waals surface area contributed by atoms with Gasteiger partial charge in [-0.2, -0.15) is 13.2 Å². The van der Waals surface area contributed by atoms with Gasteiger partial charge in [0.1, 0.15) is 5.75 Å². The number of hydrogen-bond donors (Lipinski definition) is 0. The molecule has 0 amide bonds. The number of rotatable bonds is 3. The van der Waals surface area contributed by atoms with Crippen LogP contribution >= 0.6 is 0 Å². The summed E-state index contributed by atoms with van der Waals surface area (Å²) >= 11 is 0. The predicted molar refractivity (Wildman–Crippen MR) is 53.4 cm³/mol. The fourth-order valence-electron chi connectivity index (χ4n) is 1.26. The van der Waals surface area contributed by atoms with Gasteiger partial charge >= 0.3 is 6.18 Å². The molecule has 2 nitrogen and oxygen atoms in total. The van der Waals surface area contributed by atoms with Crippen LogP contribution in [-0.4, -0.2) is 13.9 Å². The standard InChI is InChI=1S/C11H13F3O2/c1-7-4-9(11(12,13)14)5-10(8(7)2)16-6-15-3/h4-5H,6H2,1-3H3. The Labute approximate surface area is 92.0 Å². The first kappa shape index (κ1) is 12.8. The minimum Gasteiger partial charge on any atom is -0.467 e. The minimum atomic E-state index is -4.36. The summed E-state index contributed by atoms with van der Waals surface area (Å²) in [7, 11) is 1.41. The maximum Gasteiger partial charge on any atom is 0.416 e. The zero-order valence-corrected chi connectivity index (χ0v) is 9.31. The summed E-state index contributed by atoms with van der Waals surface area (Å²) in [5.41, 5.74) is 0.521. The van der Waals surface area contributed by atoms with E-state index in [4.69, 9.17) is 4.74 Å². The van der Waals surface area contributed by atoms with Crippen molar-refractivity contribution in [2.45, 2.75) is 20.0 Å². The Hall–Kier alpha value is -1.23. The molecule has 0 heterocycles. The number of ether oxygens (including phenoxy) is 2. The molecule has 0 N–H and O–H groups in total. The summed E-state index contributed by atoms with van der Waals surface area (Å²) in [4.78, 5) is 0. The molecule has 0 radical (unpaired) electrons. The van der Waals surface area contributed by atoms with Crippen LogP contribution in [0.1, 0.15) is 16.7 Å². The second-order valence-electron chi connectivity index (χ2n) is 3.46. The van der Waals surface area contributed by atoms with Gasteiger partial charge in [-0.3, -0.25) is 0 Å². The van der Waals surface area contributed by atoms with E-state index in [1.165, 1.54) is 7.11 Å². The summed E-state index contributed by atoms with van der Waals surface area (Å²) in [6.07, 6.45) is -4.36. The van der Waals surface area contributed by atoms with Crippen molar-refractivity contribution in [3.8, 4) is 5.75 Å². The van der Waals surface area contributed by atoms with Gasteiger partial charge in [-0.25, -0.2) is 0 Å². The third kappa shape index (κ3) is 2.88. The molecular formula is C11H13F3O2. The molecule has 0 spiro atoms. The molecule has 0 saturated heterocycles. The first-order chi connectivity index (χ1) is 7.36. The third-order valence-corrected chi connectivity index (χ3v) is 2.28. The van der Waals surface area contributed by atoms with Crippen molar-refractivity contribution in [1.29, 1.82) is 0 Å². The summed E-state index contributed by atoms with van der Waals surface area (Å²) in [6, 6.07) is 2.09. The molecule has 0 atom stereocenters. The minimum absolute atomic E-state index is 0.0679. The van der Waals surface area contributed by atoms with Crippen molar-refractivity contribution in [3.05, 3.63) is 28.8 Å². The Morgan fingerprint density at radius 1 is 1.19 bits per heavy atom. The molecule has 5 heteroatoms. The lowest BCUT2D eigenvalue weighted by molar-refractivity contribution is -0.137. The molecule has 0 aromatic heterocycles. The van der Waals surface area contributed by atoms with Crippen molar-refractivity contribution in [1.82, 2.24) is 0 Å². The highest BCUT2D eigenvalue weighted by Crippen LogP contribution is 2.34. The summed E-state index contributed by atoms with van der Waals surface area (Å²) in [5, 5.41) is 0. The molecular weight excluding hydrogens is 221 g/mol. The van der Waals surface area contributed by atoms with E-state index in [2.05, 4.69) is 4.74 Å². The van der Waals surface area contributed by atoms with E-state index in [0.29, 0.717) is 11.1 Å². The van der Waals surface area contributed by atoms with Crippen LogP contribution in [0.25, 0.3) is 0 Å². The normalized spacial score (nSPS) is 11.6. The molecule has 1 aromatic rings. The van der Waals surface area contributed by atoms with Gasteiger partial charge in [0.05, 0.1) is 5.56 Å². The molecule has 0 aliphatic heterocycles. The lowest BCUT2D eigenvalue weighted by atomic mass is 10.0. The molecule has 0 aliphatic carbocycles. The maximum atomic E-state index is 12.5. The monoisotopic (exact) mass is 234 g/mol. The second kappa shape index (κ2) is 4.74. The summed E-state index contributed by atoms with van der Waals surface area (Å²) < 4.78 is 47.3. The Kier molecular flexibility index (Phi) is 3.80. The van der Waals surface area contributed by atoms with Crippen molar-refractivity contribution >= 4 is 0 Å². The highest BCUT2D eigenvalue weighted by atomic mass is 19.4. The molecule has 1 aromatic carbocycles. The molecule has 0 bridgehead atoms. The van der Waals surface area contributed by atoms with Crippen molar-refractivity contribution in [2.75, 3.05) is 13.9 Å². The largest absolute Gasteiger partial charge is 0.467 e. The molecule has 0 aliphatic rings. The van der Waals surface area contributed by atoms with Gasteiger partial charge in [0.2, 0.25) is 0 Å². The van der Waals surface area contributed by atoms with Crippen LogP contribution in [0.5, 0.6) is 5.75 Å². The zero-order chi connectivity index (χ0) is 12.3.